The minimum Gasteiger partial charge on any atom is -0.507 e. The third-order valence-electron chi connectivity index (χ3n) is 3.97. The van der Waals surface area contributed by atoms with Gasteiger partial charge in [0.05, 0.1) is 11.1 Å². The largest absolute Gasteiger partial charge is 0.507 e. The zero-order chi connectivity index (χ0) is 18.8. The lowest BCUT2D eigenvalue weighted by molar-refractivity contribution is -0.137. The van der Waals surface area contributed by atoms with E-state index < -0.39 is 11.7 Å². The first kappa shape index (κ1) is 18.8. The van der Waals surface area contributed by atoms with Crippen LogP contribution in [0.5, 0.6) is 5.75 Å². The number of carbonyl (C=O) groups excluding carboxylic acids is 1. The summed E-state index contributed by atoms with van der Waals surface area (Å²) in [6.07, 6.45) is -4.39. The van der Waals surface area contributed by atoms with Crippen molar-refractivity contribution >= 4 is 5.91 Å². The summed E-state index contributed by atoms with van der Waals surface area (Å²) in [6.45, 7) is 4.10. The number of hydrogen-bond acceptors (Lipinski definition) is 2. The molecule has 6 heteroatoms. The van der Waals surface area contributed by atoms with E-state index in [0.717, 1.165) is 17.7 Å². The number of carbonyl (C=O) groups is 1. The Balaban J connectivity index is 2.17. The molecule has 2 rings (SSSR count). The number of rotatable bonds is 4. The molecule has 3 nitrogen and oxygen atoms in total. The first-order valence-corrected chi connectivity index (χ1v) is 7.84. The smallest absolute Gasteiger partial charge is 0.416 e. The van der Waals surface area contributed by atoms with Crippen molar-refractivity contribution in [3.8, 4) is 5.75 Å². The zero-order valence-corrected chi connectivity index (χ0v) is 14.3. The van der Waals surface area contributed by atoms with Gasteiger partial charge in [0, 0.05) is 13.6 Å². The number of aromatic hydroxyl groups is 1. The highest BCUT2D eigenvalue weighted by atomic mass is 19.4. The number of amides is 1. The van der Waals surface area contributed by atoms with Gasteiger partial charge in [0.15, 0.2) is 0 Å². The summed E-state index contributed by atoms with van der Waals surface area (Å²) in [6, 6.07) is 9.55. The number of phenolic OH excluding ortho intramolecular Hbond substituents is 1. The van der Waals surface area contributed by atoms with Gasteiger partial charge in [0.25, 0.3) is 5.91 Å². The molecule has 2 aromatic rings. The molecule has 0 saturated heterocycles. The van der Waals surface area contributed by atoms with Gasteiger partial charge in [-0.05, 0) is 41.3 Å². The summed E-state index contributed by atoms with van der Waals surface area (Å²) in [5.74, 6) is -0.305. The molecule has 0 radical (unpaired) electrons. The Labute approximate surface area is 144 Å². The standard InChI is InChI=1S/C19H20F3NO2/c1-12(2)14-6-9-17(24)16(10-14)18(25)23(3)11-13-4-7-15(8-5-13)19(20,21)22/h4-10,12,24H,11H2,1-3H3. The summed E-state index contributed by atoms with van der Waals surface area (Å²) in [5.41, 5.74) is 0.945. The van der Waals surface area contributed by atoms with Crippen LogP contribution in [0.25, 0.3) is 0 Å². The van der Waals surface area contributed by atoms with Crippen LogP contribution in [-0.4, -0.2) is 23.0 Å². The molecule has 0 aromatic heterocycles. The van der Waals surface area contributed by atoms with Crippen LogP contribution in [0.3, 0.4) is 0 Å². The maximum Gasteiger partial charge on any atom is 0.416 e. The number of nitrogens with zero attached hydrogens (tertiary/aromatic N) is 1. The number of halogens is 3. The zero-order valence-electron chi connectivity index (χ0n) is 14.3. The highest BCUT2D eigenvalue weighted by molar-refractivity contribution is 5.96. The summed E-state index contributed by atoms with van der Waals surface area (Å²) >= 11 is 0. The minimum atomic E-state index is -4.39. The fraction of sp³-hybridized carbons (Fsp3) is 0.316. The molecule has 0 aliphatic rings. The van der Waals surface area contributed by atoms with Gasteiger partial charge in [-0.2, -0.15) is 13.2 Å². The normalized spacial score (nSPS) is 11.6. The fourth-order valence-electron chi connectivity index (χ4n) is 2.43. The van der Waals surface area contributed by atoms with Gasteiger partial charge in [0.2, 0.25) is 0 Å². The highest BCUT2D eigenvalue weighted by Gasteiger charge is 2.30. The van der Waals surface area contributed by atoms with Crippen LogP contribution < -0.4 is 0 Å². The summed E-state index contributed by atoms with van der Waals surface area (Å²) in [7, 11) is 1.54. The average molecular weight is 351 g/mol. The van der Waals surface area contributed by atoms with Gasteiger partial charge in [-0.1, -0.05) is 32.0 Å². The van der Waals surface area contributed by atoms with Gasteiger partial charge in [-0.15, -0.1) is 0 Å². The van der Waals surface area contributed by atoms with E-state index in [1.54, 1.807) is 19.2 Å². The van der Waals surface area contributed by atoms with Gasteiger partial charge in [-0.3, -0.25) is 4.79 Å². The second-order valence-corrected chi connectivity index (χ2v) is 6.29. The van der Waals surface area contributed by atoms with Crippen LogP contribution in [0, 0.1) is 0 Å². The molecule has 1 amide bonds. The van der Waals surface area contributed by atoms with E-state index >= 15 is 0 Å². The van der Waals surface area contributed by atoms with E-state index in [9.17, 15) is 23.1 Å². The molecule has 0 saturated carbocycles. The lowest BCUT2D eigenvalue weighted by Gasteiger charge is -2.19. The van der Waals surface area contributed by atoms with Crippen molar-refractivity contribution in [3.63, 3.8) is 0 Å². The molecule has 2 aromatic carbocycles. The third-order valence-corrected chi connectivity index (χ3v) is 3.97. The molecular formula is C19H20F3NO2. The molecule has 0 spiro atoms. The van der Waals surface area contributed by atoms with Crippen LogP contribution in [0.1, 0.15) is 46.8 Å². The predicted octanol–water partition coefficient (Wildman–Crippen LogP) is 4.81. The molecule has 0 aliphatic carbocycles. The van der Waals surface area contributed by atoms with Gasteiger partial charge in [-0.25, -0.2) is 0 Å². The molecule has 0 bridgehead atoms. The van der Waals surface area contributed by atoms with Crippen molar-refractivity contribution in [2.45, 2.75) is 32.5 Å². The molecule has 1 N–H and O–H groups in total. The molecule has 0 fully saturated rings. The molecule has 25 heavy (non-hydrogen) atoms. The average Bonchev–Trinajstić information content (AvgIpc) is 2.54. The Morgan fingerprint density at radius 1 is 1.12 bits per heavy atom. The monoisotopic (exact) mass is 351 g/mol. The predicted molar refractivity (Wildman–Crippen MR) is 89.4 cm³/mol. The quantitative estimate of drug-likeness (QED) is 0.859. The van der Waals surface area contributed by atoms with E-state index in [2.05, 4.69) is 0 Å². The maximum atomic E-state index is 12.6. The van der Waals surface area contributed by atoms with Crippen molar-refractivity contribution < 1.29 is 23.1 Å². The van der Waals surface area contributed by atoms with Gasteiger partial charge >= 0.3 is 6.18 Å². The van der Waals surface area contributed by atoms with Gasteiger partial charge in [0.1, 0.15) is 5.75 Å². The van der Waals surface area contributed by atoms with E-state index in [0.29, 0.717) is 5.56 Å². The third kappa shape index (κ3) is 4.53. The highest BCUT2D eigenvalue weighted by Crippen LogP contribution is 2.29. The first-order chi connectivity index (χ1) is 11.6. The summed E-state index contributed by atoms with van der Waals surface area (Å²) in [4.78, 5) is 13.9. The number of hydrogen-bond donors (Lipinski definition) is 1. The first-order valence-electron chi connectivity index (χ1n) is 7.84. The second-order valence-electron chi connectivity index (χ2n) is 6.29. The maximum absolute atomic E-state index is 12.6. The number of alkyl halides is 3. The molecule has 0 heterocycles. The Bertz CT molecular complexity index is 752. The van der Waals surface area contributed by atoms with Crippen molar-refractivity contribution in [1.29, 1.82) is 0 Å². The molecule has 0 aliphatic heterocycles. The molecule has 134 valence electrons. The Morgan fingerprint density at radius 3 is 2.24 bits per heavy atom. The Morgan fingerprint density at radius 2 is 1.72 bits per heavy atom. The Hall–Kier alpha value is -2.50. The SMILES string of the molecule is CC(C)c1ccc(O)c(C(=O)N(C)Cc2ccc(C(F)(F)F)cc2)c1. The van der Waals surface area contributed by atoms with Crippen LogP contribution >= 0.6 is 0 Å². The van der Waals surface area contributed by atoms with E-state index in [1.165, 1.54) is 23.1 Å². The van der Waals surface area contributed by atoms with Crippen LogP contribution in [0.4, 0.5) is 13.2 Å². The van der Waals surface area contributed by atoms with Crippen LogP contribution in [-0.2, 0) is 12.7 Å². The van der Waals surface area contributed by atoms with Crippen molar-refractivity contribution in [3.05, 3.63) is 64.7 Å². The van der Waals surface area contributed by atoms with E-state index in [4.69, 9.17) is 0 Å². The second kappa shape index (κ2) is 7.17. The molecule has 0 unspecified atom stereocenters. The van der Waals surface area contributed by atoms with E-state index in [1.807, 2.05) is 13.8 Å². The lowest BCUT2D eigenvalue weighted by atomic mass is 9.99. The Kier molecular flexibility index (Phi) is 5.40. The number of benzene rings is 2. The topological polar surface area (TPSA) is 40.5 Å². The lowest BCUT2D eigenvalue weighted by Crippen LogP contribution is -2.26. The van der Waals surface area contributed by atoms with Crippen LogP contribution in [0.15, 0.2) is 42.5 Å². The fourth-order valence-corrected chi connectivity index (χ4v) is 2.43. The van der Waals surface area contributed by atoms with Crippen LogP contribution in [0.2, 0.25) is 0 Å². The molecule has 0 atom stereocenters. The number of phenols is 1. The summed E-state index contributed by atoms with van der Waals surface area (Å²) in [5, 5.41) is 9.96. The molecular weight excluding hydrogens is 331 g/mol. The van der Waals surface area contributed by atoms with Gasteiger partial charge < -0.3 is 10.0 Å². The minimum absolute atomic E-state index is 0.117. The van der Waals surface area contributed by atoms with Crippen molar-refractivity contribution in [2.24, 2.45) is 0 Å². The van der Waals surface area contributed by atoms with Crippen molar-refractivity contribution in [2.75, 3.05) is 7.05 Å². The summed E-state index contributed by atoms with van der Waals surface area (Å²) < 4.78 is 37.8. The van der Waals surface area contributed by atoms with Crippen molar-refractivity contribution in [1.82, 2.24) is 4.90 Å². The van der Waals surface area contributed by atoms with E-state index in [-0.39, 0.29) is 29.7 Å².